The second-order valence-electron chi connectivity index (χ2n) is 4.42. The van der Waals surface area contributed by atoms with Crippen molar-refractivity contribution in [1.82, 2.24) is 10.2 Å². The molecule has 0 spiro atoms. The molecular weight excluding hydrogens is 228 g/mol. The Morgan fingerprint density at radius 1 is 1.38 bits per heavy atom. The summed E-state index contributed by atoms with van der Waals surface area (Å²) in [6.07, 6.45) is 0.821. The Labute approximate surface area is 102 Å². The predicted octanol–water partition coefficient (Wildman–Crippen LogP) is 1.24. The quantitative estimate of drug-likeness (QED) is 0.719. The maximum atomic E-state index is 12.1. The van der Waals surface area contributed by atoms with Gasteiger partial charge in [0.15, 0.2) is 0 Å². The highest BCUT2D eigenvalue weighted by molar-refractivity contribution is 6.19. The molecule has 0 aliphatic carbocycles. The lowest BCUT2D eigenvalue weighted by atomic mass is 9.94. The molecule has 4 nitrogen and oxygen atoms in total. The van der Waals surface area contributed by atoms with Crippen LogP contribution in [-0.2, 0) is 9.59 Å². The molecule has 1 N–H and O–H groups in total. The van der Waals surface area contributed by atoms with Gasteiger partial charge in [-0.15, -0.1) is 11.6 Å². The minimum atomic E-state index is -0.620. The second kappa shape index (κ2) is 6.74. The molecule has 0 bridgehead atoms. The summed E-state index contributed by atoms with van der Waals surface area (Å²) >= 11 is 5.75. The zero-order valence-electron chi connectivity index (χ0n) is 10.5. The van der Waals surface area contributed by atoms with Gasteiger partial charge in [0.2, 0.25) is 11.8 Å². The van der Waals surface area contributed by atoms with E-state index < -0.39 is 5.41 Å². The number of rotatable bonds is 6. The minimum absolute atomic E-state index is 0.0760. The molecule has 94 valence electrons. The van der Waals surface area contributed by atoms with Gasteiger partial charge in [0, 0.05) is 19.5 Å². The Bertz CT molecular complexity index is 254. The molecule has 2 amide bonds. The molecule has 0 heterocycles. The van der Waals surface area contributed by atoms with Crippen molar-refractivity contribution in [3.05, 3.63) is 0 Å². The van der Waals surface area contributed by atoms with Crippen LogP contribution < -0.4 is 5.32 Å². The van der Waals surface area contributed by atoms with E-state index in [-0.39, 0.29) is 24.2 Å². The number of amides is 2. The zero-order valence-corrected chi connectivity index (χ0v) is 11.2. The molecule has 0 aromatic rings. The number of nitrogens with zero attached hydrogens (tertiary/aromatic N) is 1. The summed E-state index contributed by atoms with van der Waals surface area (Å²) in [7, 11) is 1.56. The van der Waals surface area contributed by atoms with E-state index in [9.17, 15) is 9.59 Å². The van der Waals surface area contributed by atoms with Gasteiger partial charge in [0.25, 0.3) is 0 Å². The van der Waals surface area contributed by atoms with Gasteiger partial charge in [-0.1, -0.05) is 6.92 Å². The molecule has 0 saturated heterocycles. The van der Waals surface area contributed by atoms with Gasteiger partial charge in [0.1, 0.15) is 0 Å². The van der Waals surface area contributed by atoms with E-state index in [0.717, 1.165) is 6.42 Å². The van der Waals surface area contributed by atoms with Crippen LogP contribution in [0.2, 0.25) is 0 Å². The van der Waals surface area contributed by atoms with Gasteiger partial charge < -0.3 is 10.2 Å². The fraction of sp³-hybridized carbons (Fsp3) is 0.818. The van der Waals surface area contributed by atoms with Crippen LogP contribution in [-0.4, -0.2) is 42.7 Å². The van der Waals surface area contributed by atoms with Crippen LogP contribution in [0, 0.1) is 5.41 Å². The molecule has 0 aromatic carbocycles. The number of likely N-dealkylation sites (N-methyl/N-ethyl adjacent to an activating group) is 1. The fourth-order valence-electron chi connectivity index (χ4n) is 1.26. The van der Waals surface area contributed by atoms with Crippen LogP contribution in [0.3, 0.4) is 0 Å². The largest absolute Gasteiger partial charge is 0.358 e. The van der Waals surface area contributed by atoms with Crippen molar-refractivity contribution in [2.45, 2.75) is 27.2 Å². The summed E-state index contributed by atoms with van der Waals surface area (Å²) < 4.78 is 0. The first-order chi connectivity index (χ1) is 7.38. The maximum Gasteiger partial charge on any atom is 0.239 e. The summed E-state index contributed by atoms with van der Waals surface area (Å²) in [6.45, 7) is 6.22. The summed E-state index contributed by atoms with van der Waals surface area (Å²) in [6, 6.07) is 0. The van der Waals surface area contributed by atoms with Crippen molar-refractivity contribution in [1.29, 1.82) is 0 Å². The topological polar surface area (TPSA) is 49.4 Å². The van der Waals surface area contributed by atoms with Gasteiger partial charge in [-0.05, 0) is 20.3 Å². The Morgan fingerprint density at radius 2 is 1.94 bits per heavy atom. The van der Waals surface area contributed by atoms with Crippen molar-refractivity contribution >= 4 is 23.4 Å². The third-order valence-electron chi connectivity index (χ3n) is 2.31. The Kier molecular flexibility index (Phi) is 6.41. The summed E-state index contributed by atoms with van der Waals surface area (Å²) in [5.74, 6) is 0.0138. The normalized spacial score (nSPS) is 11.1. The second-order valence-corrected chi connectivity index (χ2v) is 4.68. The van der Waals surface area contributed by atoms with E-state index in [1.165, 1.54) is 0 Å². The number of carbonyl (C=O) groups excluding carboxylic acids is 2. The van der Waals surface area contributed by atoms with Crippen LogP contribution in [0.1, 0.15) is 27.2 Å². The lowest BCUT2D eigenvalue weighted by Crippen LogP contribution is -2.46. The van der Waals surface area contributed by atoms with Crippen molar-refractivity contribution in [2.75, 3.05) is 26.0 Å². The molecule has 0 saturated carbocycles. The first kappa shape index (κ1) is 15.2. The Balaban J connectivity index is 4.64. The fourth-order valence-corrected chi connectivity index (χ4v) is 1.37. The van der Waals surface area contributed by atoms with Crippen molar-refractivity contribution in [3.63, 3.8) is 0 Å². The molecule has 0 unspecified atom stereocenters. The van der Waals surface area contributed by atoms with E-state index in [1.807, 2.05) is 6.92 Å². The van der Waals surface area contributed by atoms with Gasteiger partial charge >= 0.3 is 0 Å². The van der Waals surface area contributed by atoms with Crippen molar-refractivity contribution in [2.24, 2.45) is 5.41 Å². The summed E-state index contributed by atoms with van der Waals surface area (Å²) in [4.78, 5) is 24.9. The van der Waals surface area contributed by atoms with Gasteiger partial charge in [0.05, 0.1) is 12.0 Å². The monoisotopic (exact) mass is 248 g/mol. The van der Waals surface area contributed by atoms with Gasteiger partial charge in [-0.2, -0.15) is 0 Å². The Hall–Kier alpha value is -0.770. The molecule has 0 radical (unpaired) electrons. The number of hydrogen-bond donors (Lipinski definition) is 1. The standard InChI is InChI=1S/C11H21ClN2O2/c1-5-6-14(7-9(15)13-4)10(16)11(2,3)8-12/h5-8H2,1-4H3,(H,13,15). The summed E-state index contributed by atoms with van der Waals surface area (Å²) in [5, 5.41) is 2.51. The van der Waals surface area contributed by atoms with Gasteiger partial charge in [-0.3, -0.25) is 9.59 Å². The molecule has 0 rings (SSSR count). The van der Waals surface area contributed by atoms with Crippen LogP contribution >= 0.6 is 11.6 Å². The smallest absolute Gasteiger partial charge is 0.239 e. The minimum Gasteiger partial charge on any atom is -0.358 e. The molecule has 0 aliphatic heterocycles. The van der Waals surface area contributed by atoms with Crippen LogP contribution in [0.4, 0.5) is 0 Å². The lowest BCUT2D eigenvalue weighted by molar-refractivity contribution is -0.142. The van der Waals surface area contributed by atoms with Crippen molar-refractivity contribution in [3.8, 4) is 0 Å². The molecule has 5 heteroatoms. The number of nitrogens with one attached hydrogen (secondary N) is 1. The number of hydrogen-bond acceptors (Lipinski definition) is 2. The first-order valence-electron chi connectivity index (χ1n) is 5.45. The SMILES string of the molecule is CCCN(CC(=O)NC)C(=O)C(C)(C)CCl. The van der Waals surface area contributed by atoms with Crippen molar-refractivity contribution < 1.29 is 9.59 Å². The third kappa shape index (κ3) is 4.39. The zero-order chi connectivity index (χ0) is 12.8. The van der Waals surface area contributed by atoms with Crippen LogP contribution in [0.25, 0.3) is 0 Å². The molecule has 0 aliphatic rings. The maximum absolute atomic E-state index is 12.1. The Morgan fingerprint density at radius 3 is 2.31 bits per heavy atom. The first-order valence-corrected chi connectivity index (χ1v) is 5.98. The molecular formula is C11H21ClN2O2. The number of halogens is 1. The molecule has 16 heavy (non-hydrogen) atoms. The van der Waals surface area contributed by atoms with Crippen LogP contribution in [0.15, 0.2) is 0 Å². The van der Waals surface area contributed by atoms with E-state index in [4.69, 9.17) is 11.6 Å². The lowest BCUT2D eigenvalue weighted by Gasteiger charge is -2.29. The van der Waals surface area contributed by atoms with Gasteiger partial charge in [-0.25, -0.2) is 0 Å². The number of alkyl halides is 1. The predicted molar refractivity (Wildman–Crippen MR) is 65.4 cm³/mol. The average molecular weight is 249 g/mol. The van der Waals surface area contributed by atoms with E-state index in [1.54, 1.807) is 25.8 Å². The number of carbonyl (C=O) groups is 2. The highest BCUT2D eigenvalue weighted by Gasteiger charge is 2.31. The van der Waals surface area contributed by atoms with E-state index >= 15 is 0 Å². The van der Waals surface area contributed by atoms with E-state index in [2.05, 4.69) is 5.32 Å². The average Bonchev–Trinajstić information content (AvgIpc) is 2.27. The molecule has 0 aromatic heterocycles. The van der Waals surface area contributed by atoms with E-state index in [0.29, 0.717) is 6.54 Å². The molecule has 0 fully saturated rings. The highest BCUT2D eigenvalue weighted by atomic mass is 35.5. The third-order valence-corrected chi connectivity index (χ3v) is 2.98. The highest BCUT2D eigenvalue weighted by Crippen LogP contribution is 2.20. The summed E-state index contributed by atoms with van der Waals surface area (Å²) in [5.41, 5.74) is -0.620. The van der Waals surface area contributed by atoms with Crippen LogP contribution in [0.5, 0.6) is 0 Å². The molecule has 0 atom stereocenters.